The summed E-state index contributed by atoms with van der Waals surface area (Å²) in [4.78, 5) is 2.43. The number of halogens is 1. The van der Waals surface area contributed by atoms with Crippen LogP contribution in [-0.4, -0.2) is 23.3 Å². The molecule has 0 aliphatic carbocycles. The van der Waals surface area contributed by atoms with Crippen molar-refractivity contribution < 1.29 is 0 Å². The SMILES string of the molecule is Nc1nnc(Cl)cc1-c1ccc(N2CCCCC2)cc1. The predicted octanol–water partition coefficient (Wildman–Crippen LogP) is 3.37. The number of aromatic nitrogens is 2. The summed E-state index contributed by atoms with van der Waals surface area (Å²) in [6, 6.07) is 10.1. The van der Waals surface area contributed by atoms with Crippen molar-refractivity contribution in [1.29, 1.82) is 0 Å². The van der Waals surface area contributed by atoms with Gasteiger partial charge in [-0.25, -0.2) is 0 Å². The monoisotopic (exact) mass is 288 g/mol. The van der Waals surface area contributed by atoms with E-state index in [0.717, 1.165) is 24.2 Å². The van der Waals surface area contributed by atoms with E-state index >= 15 is 0 Å². The van der Waals surface area contributed by atoms with Crippen LogP contribution < -0.4 is 10.6 Å². The molecule has 1 aliphatic heterocycles. The highest BCUT2D eigenvalue weighted by atomic mass is 35.5. The van der Waals surface area contributed by atoms with Crippen molar-refractivity contribution in [2.75, 3.05) is 23.7 Å². The van der Waals surface area contributed by atoms with Crippen molar-refractivity contribution in [3.63, 3.8) is 0 Å². The summed E-state index contributed by atoms with van der Waals surface area (Å²) in [5.74, 6) is 0.403. The van der Waals surface area contributed by atoms with Crippen LogP contribution in [0.1, 0.15) is 19.3 Å². The minimum atomic E-state index is 0.356. The summed E-state index contributed by atoms with van der Waals surface area (Å²) < 4.78 is 0. The molecule has 20 heavy (non-hydrogen) atoms. The molecule has 0 bridgehead atoms. The van der Waals surface area contributed by atoms with Gasteiger partial charge in [0.05, 0.1) is 0 Å². The Morgan fingerprint density at radius 3 is 2.40 bits per heavy atom. The number of nitrogens with zero attached hydrogens (tertiary/aromatic N) is 3. The molecule has 5 heteroatoms. The van der Waals surface area contributed by atoms with Crippen molar-refractivity contribution >= 4 is 23.1 Å². The minimum Gasteiger partial charge on any atom is -0.382 e. The molecule has 0 spiro atoms. The second kappa shape index (κ2) is 5.67. The van der Waals surface area contributed by atoms with Crippen molar-refractivity contribution in [3.8, 4) is 11.1 Å². The summed E-state index contributed by atoms with van der Waals surface area (Å²) in [7, 11) is 0. The van der Waals surface area contributed by atoms with Crippen LogP contribution in [0.2, 0.25) is 5.15 Å². The molecule has 1 fully saturated rings. The van der Waals surface area contributed by atoms with E-state index in [0.29, 0.717) is 11.0 Å². The molecule has 104 valence electrons. The molecule has 2 N–H and O–H groups in total. The number of hydrogen-bond donors (Lipinski definition) is 1. The molecule has 1 aromatic heterocycles. The van der Waals surface area contributed by atoms with Crippen LogP contribution >= 0.6 is 11.6 Å². The van der Waals surface area contributed by atoms with Crippen LogP contribution in [0, 0.1) is 0 Å². The summed E-state index contributed by atoms with van der Waals surface area (Å²) in [6.45, 7) is 2.29. The fourth-order valence-corrected chi connectivity index (χ4v) is 2.76. The largest absolute Gasteiger partial charge is 0.382 e. The molecular weight excluding hydrogens is 272 g/mol. The van der Waals surface area contributed by atoms with E-state index in [1.807, 2.05) is 0 Å². The molecule has 1 aromatic carbocycles. The third-order valence-corrected chi connectivity index (χ3v) is 3.88. The normalized spacial score (nSPS) is 15.3. The van der Waals surface area contributed by atoms with Gasteiger partial charge >= 0.3 is 0 Å². The molecule has 3 rings (SSSR count). The van der Waals surface area contributed by atoms with Crippen molar-refractivity contribution in [1.82, 2.24) is 10.2 Å². The maximum Gasteiger partial charge on any atom is 0.154 e. The van der Waals surface area contributed by atoms with Gasteiger partial charge in [-0.15, -0.1) is 10.2 Å². The fraction of sp³-hybridized carbons (Fsp3) is 0.333. The average molecular weight is 289 g/mol. The molecule has 0 saturated carbocycles. The van der Waals surface area contributed by atoms with E-state index in [4.69, 9.17) is 17.3 Å². The van der Waals surface area contributed by atoms with Gasteiger partial charge in [0, 0.05) is 24.3 Å². The van der Waals surface area contributed by atoms with Crippen LogP contribution in [0.15, 0.2) is 30.3 Å². The van der Waals surface area contributed by atoms with Gasteiger partial charge in [-0.2, -0.15) is 0 Å². The van der Waals surface area contributed by atoms with Gasteiger partial charge in [0.15, 0.2) is 11.0 Å². The summed E-state index contributed by atoms with van der Waals surface area (Å²) in [6.07, 6.45) is 3.89. The fourth-order valence-electron chi connectivity index (χ4n) is 2.61. The number of rotatable bonds is 2. The van der Waals surface area contributed by atoms with Gasteiger partial charge in [0.1, 0.15) is 0 Å². The van der Waals surface area contributed by atoms with Crippen molar-refractivity contribution in [3.05, 3.63) is 35.5 Å². The second-order valence-corrected chi connectivity index (χ2v) is 5.45. The first-order valence-corrected chi connectivity index (χ1v) is 7.26. The zero-order chi connectivity index (χ0) is 13.9. The second-order valence-electron chi connectivity index (χ2n) is 5.06. The topological polar surface area (TPSA) is 55.0 Å². The maximum atomic E-state index is 5.88. The molecular formula is C15H17ClN4. The number of hydrogen-bond acceptors (Lipinski definition) is 4. The minimum absolute atomic E-state index is 0.356. The lowest BCUT2D eigenvalue weighted by Crippen LogP contribution is -2.29. The Kier molecular flexibility index (Phi) is 3.74. The first-order valence-electron chi connectivity index (χ1n) is 6.88. The van der Waals surface area contributed by atoms with Gasteiger partial charge in [0.25, 0.3) is 0 Å². The Labute approximate surface area is 123 Å². The standard InChI is InChI=1S/C15H17ClN4/c16-14-10-13(15(17)19-18-14)11-4-6-12(7-5-11)20-8-2-1-3-9-20/h4-7,10H,1-3,8-9H2,(H2,17,19). The van der Waals surface area contributed by atoms with E-state index in [9.17, 15) is 0 Å². The number of anilines is 2. The number of nitrogens with two attached hydrogens (primary N) is 1. The van der Waals surface area contributed by atoms with E-state index < -0.39 is 0 Å². The highest BCUT2D eigenvalue weighted by Crippen LogP contribution is 2.28. The Bertz CT molecular complexity index is 591. The third kappa shape index (κ3) is 2.70. The molecule has 0 atom stereocenters. The highest BCUT2D eigenvalue weighted by Gasteiger charge is 2.11. The molecule has 1 saturated heterocycles. The van der Waals surface area contributed by atoms with Gasteiger partial charge in [0.2, 0.25) is 0 Å². The van der Waals surface area contributed by atoms with Gasteiger partial charge < -0.3 is 10.6 Å². The molecule has 2 heterocycles. The number of nitrogen functional groups attached to an aromatic ring is 1. The molecule has 2 aromatic rings. The van der Waals surface area contributed by atoms with E-state index in [1.54, 1.807) is 6.07 Å². The lowest BCUT2D eigenvalue weighted by molar-refractivity contribution is 0.578. The Morgan fingerprint density at radius 2 is 1.70 bits per heavy atom. The molecule has 4 nitrogen and oxygen atoms in total. The molecule has 0 radical (unpaired) electrons. The first-order chi connectivity index (χ1) is 9.74. The number of benzene rings is 1. The summed E-state index contributed by atoms with van der Waals surface area (Å²) in [5, 5.41) is 7.95. The lowest BCUT2D eigenvalue weighted by atomic mass is 10.1. The maximum absolute atomic E-state index is 5.88. The van der Waals surface area contributed by atoms with Crippen LogP contribution in [0.25, 0.3) is 11.1 Å². The number of piperidine rings is 1. The average Bonchev–Trinajstić information content (AvgIpc) is 2.51. The molecule has 0 amide bonds. The van der Waals surface area contributed by atoms with Gasteiger partial charge in [-0.1, -0.05) is 23.7 Å². The van der Waals surface area contributed by atoms with Crippen molar-refractivity contribution in [2.45, 2.75) is 19.3 Å². The smallest absolute Gasteiger partial charge is 0.154 e. The van der Waals surface area contributed by atoms with E-state index in [1.165, 1.54) is 24.9 Å². The molecule has 1 aliphatic rings. The Morgan fingerprint density at radius 1 is 1.00 bits per heavy atom. The lowest BCUT2D eigenvalue weighted by Gasteiger charge is -2.28. The van der Waals surface area contributed by atoms with Gasteiger partial charge in [-0.3, -0.25) is 0 Å². The van der Waals surface area contributed by atoms with Crippen LogP contribution in [0.5, 0.6) is 0 Å². The molecule has 0 unspecified atom stereocenters. The summed E-state index contributed by atoms with van der Waals surface area (Å²) in [5.41, 5.74) is 8.97. The Balaban J connectivity index is 1.87. The van der Waals surface area contributed by atoms with Crippen LogP contribution in [0.4, 0.5) is 11.5 Å². The predicted molar refractivity (Wildman–Crippen MR) is 83.0 cm³/mol. The van der Waals surface area contributed by atoms with Crippen LogP contribution in [0.3, 0.4) is 0 Å². The zero-order valence-electron chi connectivity index (χ0n) is 11.2. The summed E-state index contributed by atoms with van der Waals surface area (Å²) >= 11 is 5.88. The quantitative estimate of drug-likeness (QED) is 0.920. The van der Waals surface area contributed by atoms with Crippen LogP contribution in [-0.2, 0) is 0 Å². The van der Waals surface area contributed by atoms with Crippen molar-refractivity contribution in [2.24, 2.45) is 0 Å². The zero-order valence-corrected chi connectivity index (χ0v) is 12.0. The van der Waals surface area contributed by atoms with Gasteiger partial charge in [-0.05, 0) is 43.0 Å². The Hall–Kier alpha value is -1.81. The highest BCUT2D eigenvalue weighted by molar-refractivity contribution is 6.29. The van der Waals surface area contributed by atoms with E-state index in [2.05, 4.69) is 39.4 Å². The first kappa shape index (κ1) is 13.2. The van der Waals surface area contributed by atoms with E-state index in [-0.39, 0.29) is 0 Å². The third-order valence-electron chi connectivity index (χ3n) is 3.69.